The van der Waals surface area contributed by atoms with Crippen LogP contribution in [0.4, 0.5) is 0 Å². The maximum Gasteiger partial charge on any atom is 0.252 e. The van der Waals surface area contributed by atoms with Crippen molar-refractivity contribution in [3.8, 4) is 18.1 Å². The van der Waals surface area contributed by atoms with Crippen molar-refractivity contribution < 1.29 is 9.53 Å². The van der Waals surface area contributed by atoms with E-state index in [1.807, 2.05) is 13.1 Å². The van der Waals surface area contributed by atoms with Crippen LogP contribution in [0, 0.1) is 12.3 Å². The van der Waals surface area contributed by atoms with Gasteiger partial charge in [0.1, 0.15) is 17.4 Å². The van der Waals surface area contributed by atoms with Gasteiger partial charge in [0.25, 0.3) is 5.91 Å². The number of piperidine rings is 1. The number of likely N-dealkylation sites (N-methyl/N-ethyl adjacent to an activating group) is 1. The van der Waals surface area contributed by atoms with Crippen LogP contribution in [0.5, 0.6) is 5.75 Å². The van der Waals surface area contributed by atoms with Crippen LogP contribution < -0.4 is 16.2 Å². The van der Waals surface area contributed by atoms with Crippen molar-refractivity contribution in [3.63, 3.8) is 0 Å². The largest absolute Gasteiger partial charge is 0.480 e. The second kappa shape index (κ2) is 7.43. The minimum Gasteiger partial charge on any atom is -0.480 e. The average molecular weight is 384 g/mol. The molecule has 0 radical (unpaired) electrons. The SMILES string of the molecule is C#CCOc1c(C(N)=O)cccc1C1CC2CCC(Cl)(C1N)N2C.Cl. The topological polar surface area (TPSA) is 81.6 Å². The van der Waals surface area contributed by atoms with Crippen molar-refractivity contribution >= 4 is 29.9 Å². The summed E-state index contributed by atoms with van der Waals surface area (Å²) in [6.45, 7) is 0.0641. The van der Waals surface area contributed by atoms with Crippen molar-refractivity contribution in [2.24, 2.45) is 11.5 Å². The highest BCUT2D eigenvalue weighted by Crippen LogP contribution is 2.51. The monoisotopic (exact) mass is 383 g/mol. The Labute approximate surface area is 159 Å². The fourth-order valence-electron chi connectivity index (χ4n) is 4.10. The van der Waals surface area contributed by atoms with Crippen LogP contribution >= 0.6 is 24.0 Å². The molecule has 4 atom stereocenters. The summed E-state index contributed by atoms with van der Waals surface area (Å²) in [7, 11) is 2.02. The summed E-state index contributed by atoms with van der Waals surface area (Å²) in [6.07, 6.45) is 8.03. The molecule has 3 rings (SSSR count). The number of carbonyl (C=O) groups excluding carboxylic acids is 1. The number of nitrogens with two attached hydrogens (primary N) is 2. The van der Waals surface area contributed by atoms with E-state index in [1.165, 1.54) is 0 Å². The summed E-state index contributed by atoms with van der Waals surface area (Å²) in [6, 6.07) is 5.45. The Morgan fingerprint density at radius 2 is 2.28 bits per heavy atom. The molecule has 2 heterocycles. The molecule has 2 saturated heterocycles. The van der Waals surface area contributed by atoms with Gasteiger partial charge in [0.05, 0.1) is 5.56 Å². The predicted molar refractivity (Wildman–Crippen MR) is 101 cm³/mol. The van der Waals surface area contributed by atoms with Gasteiger partial charge in [-0.1, -0.05) is 18.1 Å². The van der Waals surface area contributed by atoms with Gasteiger partial charge in [0, 0.05) is 18.0 Å². The number of fused-ring (bicyclic) bond motifs is 2. The maximum atomic E-state index is 11.8. The molecule has 0 aliphatic carbocycles. The van der Waals surface area contributed by atoms with Crippen LogP contribution in [0.1, 0.15) is 41.1 Å². The van der Waals surface area contributed by atoms with E-state index in [0.717, 1.165) is 24.8 Å². The van der Waals surface area contributed by atoms with Crippen LogP contribution in [0.3, 0.4) is 0 Å². The number of alkyl halides is 1. The molecule has 25 heavy (non-hydrogen) atoms. The van der Waals surface area contributed by atoms with Gasteiger partial charge in [-0.05, 0) is 37.9 Å². The summed E-state index contributed by atoms with van der Waals surface area (Å²) >= 11 is 6.84. The molecular formula is C18H23Cl2N3O2. The second-order valence-corrected chi connectivity index (χ2v) is 7.23. The van der Waals surface area contributed by atoms with Crippen molar-refractivity contribution in [3.05, 3.63) is 29.3 Å². The van der Waals surface area contributed by atoms with Crippen LogP contribution in [-0.4, -0.2) is 41.5 Å². The normalized spacial score (nSPS) is 31.0. The molecule has 5 nitrogen and oxygen atoms in total. The average Bonchev–Trinajstić information content (AvgIpc) is 2.77. The highest BCUT2D eigenvalue weighted by Gasteiger charge is 2.54. The number of para-hydroxylation sites is 1. The highest BCUT2D eigenvalue weighted by molar-refractivity contribution is 6.24. The predicted octanol–water partition coefficient (Wildman–Crippen LogP) is 2.06. The number of terminal acetylenes is 1. The number of rotatable bonds is 4. The fraction of sp³-hybridized carbons (Fsp3) is 0.500. The minimum atomic E-state index is -0.570. The first-order valence-electron chi connectivity index (χ1n) is 8.06. The van der Waals surface area contributed by atoms with Gasteiger partial charge in [-0.15, -0.1) is 30.4 Å². The second-order valence-electron chi connectivity index (χ2n) is 6.57. The summed E-state index contributed by atoms with van der Waals surface area (Å²) < 4.78 is 5.68. The number of amides is 1. The third-order valence-corrected chi connectivity index (χ3v) is 6.15. The number of halogens is 2. The third kappa shape index (κ3) is 3.20. The number of hydrogen-bond acceptors (Lipinski definition) is 4. The molecule has 1 aromatic rings. The lowest BCUT2D eigenvalue weighted by Crippen LogP contribution is -2.59. The molecule has 2 aliphatic heterocycles. The van der Waals surface area contributed by atoms with Crippen LogP contribution in [0.25, 0.3) is 0 Å². The quantitative estimate of drug-likeness (QED) is 0.473. The Morgan fingerprint density at radius 1 is 1.56 bits per heavy atom. The van der Waals surface area contributed by atoms with Crippen LogP contribution in [-0.2, 0) is 0 Å². The first-order chi connectivity index (χ1) is 11.4. The van der Waals surface area contributed by atoms with E-state index < -0.39 is 10.9 Å². The Bertz CT molecular complexity index is 706. The van der Waals surface area contributed by atoms with Gasteiger partial charge in [0.15, 0.2) is 0 Å². The van der Waals surface area contributed by atoms with E-state index in [1.54, 1.807) is 12.1 Å². The number of carbonyl (C=O) groups is 1. The molecule has 1 amide bonds. The molecule has 0 spiro atoms. The Hall–Kier alpha value is -1.45. The van der Waals surface area contributed by atoms with Crippen LogP contribution in [0.2, 0.25) is 0 Å². The van der Waals surface area contributed by atoms with E-state index in [0.29, 0.717) is 17.4 Å². The fourth-order valence-corrected chi connectivity index (χ4v) is 4.50. The van der Waals surface area contributed by atoms with E-state index in [9.17, 15) is 4.79 Å². The first-order valence-corrected chi connectivity index (χ1v) is 8.44. The van der Waals surface area contributed by atoms with Gasteiger partial charge in [-0.2, -0.15) is 0 Å². The lowest BCUT2D eigenvalue weighted by molar-refractivity contribution is 0.0994. The molecule has 7 heteroatoms. The number of benzene rings is 1. The lowest BCUT2D eigenvalue weighted by Gasteiger charge is -2.47. The van der Waals surface area contributed by atoms with E-state index in [2.05, 4.69) is 10.8 Å². The van der Waals surface area contributed by atoms with Crippen LogP contribution in [0.15, 0.2) is 18.2 Å². The third-order valence-electron chi connectivity index (χ3n) is 5.44. The van der Waals surface area contributed by atoms with E-state index >= 15 is 0 Å². The molecule has 1 aromatic carbocycles. The number of primary amides is 1. The first kappa shape index (κ1) is 19.9. The summed E-state index contributed by atoms with van der Waals surface area (Å²) in [5.74, 6) is 2.30. The molecule has 0 saturated carbocycles. The zero-order chi connectivity index (χ0) is 17.5. The molecule has 4 N–H and O–H groups in total. The zero-order valence-corrected chi connectivity index (χ0v) is 15.6. The van der Waals surface area contributed by atoms with Crippen molar-refractivity contribution in [2.75, 3.05) is 13.7 Å². The molecule has 136 valence electrons. The standard InChI is InChI=1S/C18H22ClN3O2.ClH/c1-3-9-24-15-12(5-4-6-13(15)17(21)23)14-10-11-7-8-18(19,16(14)20)22(11)2;/h1,4-6,11,14,16H,7-10,20H2,2H3,(H2,21,23);1H. The molecular weight excluding hydrogens is 361 g/mol. The minimum absolute atomic E-state index is 0. The number of nitrogens with zero attached hydrogens (tertiary/aromatic N) is 1. The van der Waals surface area contributed by atoms with Gasteiger partial charge in [-0.3, -0.25) is 9.69 Å². The molecule has 4 unspecified atom stereocenters. The maximum absolute atomic E-state index is 11.8. The van der Waals surface area contributed by atoms with Crippen molar-refractivity contribution in [1.29, 1.82) is 0 Å². The number of hydrogen-bond donors (Lipinski definition) is 2. The Kier molecular flexibility index (Phi) is 5.90. The molecule has 0 aromatic heterocycles. The number of ether oxygens (including phenoxy) is 1. The lowest BCUT2D eigenvalue weighted by atomic mass is 9.80. The Morgan fingerprint density at radius 3 is 2.92 bits per heavy atom. The summed E-state index contributed by atoms with van der Waals surface area (Å²) in [5.41, 5.74) is 13.2. The summed E-state index contributed by atoms with van der Waals surface area (Å²) in [5, 5.41) is 0. The van der Waals surface area contributed by atoms with E-state index in [4.69, 9.17) is 34.2 Å². The molecule has 2 aliphatic rings. The van der Waals surface area contributed by atoms with Crippen molar-refractivity contribution in [2.45, 2.75) is 42.3 Å². The zero-order valence-electron chi connectivity index (χ0n) is 14.1. The molecule has 2 bridgehead atoms. The van der Waals surface area contributed by atoms with Gasteiger partial charge in [-0.25, -0.2) is 0 Å². The van der Waals surface area contributed by atoms with Crippen molar-refractivity contribution in [1.82, 2.24) is 4.90 Å². The van der Waals surface area contributed by atoms with E-state index in [-0.39, 0.29) is 31.0 Å². The highest BCUT2D eigenvalue weighted by atomic mass is 35.5. The summed E-state index contributed by atoms with van der Waals surface area (Å²) in [4.78, 5) is 13.4. The molecule has 2 fully saturated rings. The van der Waals surface area contributed by atoms with Gasteiger partial charge in [0.2, 0.25) is 0 Å². The van der Waals surface area contributed by atoms with Gasteiger partial charge >= 0.3 is 0 Å². The van der Waals surface area contributed by atoms with Gasteiger partial charge < -0.3 is 16.2 Å². The Balaban J connectivity index is 0.00000225. The smallest absolute Gasteiger partial charge is 0.252 e.